The van der Waals surface area contributed by atoms with Crippen molar-refractivity contribution < 1.29 is 0 Å². The van der Waals surface area contributed by atoms with E-state index in [-0.39, 0.29) is 0 Å². The summed E-state index contributed by atoms with van der Waals surface area (Å²) in [7, 11) is 0. The van der Waals surface area contributed by atoms with E-state index in [1.807, 2.05) is 24.8 Å². The zero-order valence-electron chi connectivity index (χ0n) is 10.2. The Morgan fingerprint density at radius 3 is 2.28 bits per heavy atom. The molecule has 1 aliphatic carbocycles. The first-order chi connectivity index (χ1) is 8.92. The third-order valence-corrected chi connectivity index (χ3v) is 3.20. The molecule has 1 aliphatic rings. The maximum Gasteiger partial charge on any atom is 0.115 e. The van der Waals surface area contributed by atoms with Gasteiger partial charge < -0.3 is 0 Å². The van der Waals surface area contributed by atoms with Gasteiger partial charge in [0, 0.05) is 49.5 Å². The van der Waals surface area contributed by atoms with E-state index < -0.39 is 0 Å². The molecule has 0 atom stereocenters. The van der Waals surface area contributed by atoms with Crippen LogP contribution in [0.4, 0.5) is 0 Å². The van der Waals surface area contributed by atoms with Gasteiger partial charge in [0.15, 0.2) is 0 Å². The zero-order valence-corrected chi connectivity index (χ0v) is 10.2. The molecule has 0 unspecified atom stereocenters. The summed E-state index contributed by atoms with van der Waals surface area (Å²) in [6.45, 7) is 1.90. The highest BCUT2D eigenvalue weighted by Crippen LogP contribution is 2.29. The van der Waals surface area contributed by atoms with E-state index in [9.17, 15) is 0 Å². The SMILES string of the molecule is c1cc(CN(Cc2cncnc2)C2CC2)ccn1. The highest BCUT2D eigenvalue weighted by molar-refractivity contribution is 5.11. The molecular weight excluding hydrogens is 224 g/mol. The van der Waals surface area contributed by atoms with Crippen LogP contribution in [0.1, 0.15) is 24.0 Å². The fourth-order valence-corrected chi connectivity index (χ4v) is 2.12. The summed E-state index contributed by atoms with van der Waals surface area (Å²) in [5.74, 6) is 0. The monoisotopic (exact) mass is 240 g/mol. The molecule has 4 nitrogen and oxygen atoms in total. The van der Waals surface area contributed by atoms with Crippen molar-refractivity contribution in [2.75, 3.05) is 0 Å². The average Bonchev–Trinajstić information content (AvgIpc) is 3.25. The molecule has 3 rings (SSSR count). The van der Waals surface area contributed by atoms with Crippen LogP contribution in [0.15, 0.2) is 43.2 Å². The number of rotatable bonds is 5. The minimum Gasteiger partial charge on any atom is -0.292 e. The number of nitrogens with zero attached hydrogens (tertiary/aromatic N) is 4. The molecule has 0 bridgehead atoms. The summed E-state index contributed by atoms with van der Waals surface area (Å²) >= 11 is 0. The lowest BCUT2D eigenvalue weighted by Crippen LogP contribution is -2.25. The van der Waals surface area contributed by atoms with Gasteiger partial charge in [-0.05, 0) is 30.5 Å². The van der Waals surface area contributed by atoms with Crippen LogP contribution in [-0.4, -0.2) is 25.9 Å². The van der Waals surface area contributed by atoms with Crippen LogP contribution in [0.2, 0.25) is 0 Å². The van der Waals surface area contributed by atoms with Crippen molar-refractivity contribution in [3.63, 3.8) is 0 Å². The Balaban J connectivity index is 1.69. The summed E-state index contributed by atoms with van der Waals surface area (Å²) in [5.41, 5.74) is 2.49. The number of aromatic nitrogens is 3. The molecule has 18 heavy (non-hydrogen) atoms. The van der Waals surface area contributed by atoms with Crippen molar-refractivity contribution in [2.24, 2.45) is 0 Å². The summed E-state index contributed by atoms with van der Waals surface area (Å²) < 4.78 is 0. The second kappa shape index (κ2) is 5.23. The first kappa shape index (κ1) is 11.3. The molecule has 2 heterocycles. The first-order valence-corrected chi connectivity index (χ1v) is 6.28. The first-order valence-electron chi connectivity index (χ1n) is 6.28. The van der Waals surface area contributed by atoms with Crippen molar-refractivity contribution >= 4 is 0 Å². The van der Waals surface area contributed by atoms with Gasteiger partial charge >= 0.3 is 0 Å². The van der Waals surface area contributed by atoms with Crippen LogP contribution in [0.5, 0.6) is 0 Å². The highest BCUT2D eigenvalue weighted by atomic mass is 15.2. The maximum atomic E-state index is 4.08. The van der Waals surface area contributed by atoms with Gasteiger partial charge in [-0.1, -0.05) is 0 Å². The van der Waals surface area contributed by atoms with E-state index in [2.05, 4.69) is 32.0 Å². The van der Waals surface area contributed by atoms with Gasteiger partial charge in [-0.25, -0.2) is 9.97 Å². The molecule has 2 aromatic rings. The minimum atomic E-state index is 0.721. The second-order valence-corrected chi connectivity index (χ2v) is 4.74. The predicted molar refractivity (Wildman–Crippen MR) is 68.5 cm³/mol. The van der Waals surface area contributed by atoms with Gasteiger partial charge in [0.05, 0.1) is 0 Å². The molecule has 0 aliphatic heterocycles. The Labute approximate surface area is 107 Å². The summed E-state index contributed by atoms with van der Waals surface area (Å²) in [6, 6.07) is 4.88. The Hall–Kier alpha value is -1.81. The highest BCUT2D eigenvalue weighted by Gasteiger charge is 2.28. The fourth-order valence-electron chi connectivity index (χ4n) is 2.12. The lowest BCUT2D eigenvalue weighted by molar-refractivity contribution is 0.245. The molecule has 0 spiro atoms. The predicted octanol–water partition coefficient (Wildman–Crippen LogP) is 2.04. The van der Waals surface area contributed by atoms with E-state index >= 15 is 0 Å². The van der Waals surface area contributed by atoms with E-state index in [4.69, 9.17) is 0 Å². The molecule has 0 N–H and O–H groups in total. The average molecular weight is 240 g/mol. The molecule has 2 aromatic heterocycles. The number of hydrogen-bond donors (Lipinski definition) is 0. The number of hydrogen-bond acceptors (Lipinski definition) is 4. The van der Waals surface area contributed by atoms with Crippen LogP contribution in [0, 0.1) is 0 Å². The molecule has 1 saturated carbocycles. The Morgan fingerprint density at radius 1 is 0.944 bits per heavy atom. The van der Waals surface area contributed by atoms with Crippen LogP contribution < -0.4 is 0 Å². The topological polar surface area (TPSA) is 41.9 Å². The van der Waals surface area contributed by atoms with E-state index in [0.717, 1.165) is 19.1 Å². The fraction of sp³-hybridized carbons (Fsp3) is 0.357. The van der Waals surface area contributed by atoms with Crippen molar-refractivity contribution in [1.82, 2.24) is 19.9 Å². The Morgan fingerprint density at radius 2 is 1.61 bits per heavy atom. The van der Waals surface area contributed by atoms with Crippen molar-refractivity contribution in [3.05, 3.63) is 54.4 Å². The smallest absolute Gasteiger partial charge is 0.115 e. The normalized spacial score (nSPS) is 14.9. The molecule has 4 heteroatoms. The lowest BCUT2D eigenvalue weighted by Gasteiger charge is -2.21. The van der Waals surface area contributed by atoms with Crippen molar-refractivity contribution in [2.45, 2.75) is 32.0 Å². The number of pyridine rings is 1. The van der Waals surface area contributed by atoms with Crippen molar-refractivity contribution in [1.29, 1.82) is 0 Å². The Bertz CT molecular complexity index is 440. The van der Waals surface area contributed by atoms with Crippen LogP contribution in [-0.2, 0) is 13.1 Å². The van der Waals surface area contributed by atoms with E-state index in [1.54, 1.807) is 6.33 Å². The van der Waals surface area contributed by atoms with Crippen LogP contribution in [0.3, 0.4) is 0 Å². The third-order valence-electron chi connectivity index (χ3n) is 3.20. The zero-order chi connectivity index (χ0) is 12.2. The molecule has 0 aromatic carbocycles. The lowest BCUT2D eigenvalue weighted by atomic mass is 10.2. The van der Waals surface area contributed by atoms with Gasteiger partial charge in [0.1, 0.15) is 6.33 Å². The van der Waals surface area contributed by atoms with Gasteiger partial charge in [0.25, 0.3) is 0 Å². The molecule has 0 radical (unpaired) electrons. The van der Waals surface area contributed by atoms with Crippen LogP contribution >= 0.6 is 0 Å². The molecule has 0 amide bonds. The van der Waals surface area contributed by atoms with E-state index in [1.165, 1.54) is 24.0 Å². The molecule has 1 fully saturated rings. The third kappa shape index (κ3) is 2.90. The molecular formula is C14H16N4. The second-order valence-electron chi connectivity index (χ2n) is 4.74. The van der Waals surface area contributed by atoms with Gasteiger partial charge in [-0.2, -0.15) is 0 Å². The minimum absolute atomic E-state index is 0.721. The molecule has 92 valence electrons. The van der Waals surface area contributed by atoms with E-state index in [0.29, 0.717) is 0 Å². The van der Waals surface area contributed by atoms with Crippen LogP contribution in [0.25, 0.3) is 0 Å². The summed E-state index contributed by atoms with van der Waals surface area (Å²) in [4.78, 5) is 14.7. The van der Waals surface area contributed by atoms with Crippen molar-refractivity contribution in [3.8, 4) is 0 Å². The summed E-state index contributed by atoms with van der Waals surface area (Å²) in [5, 5.41) is 0. The standard InChI is InChI=1S/C14H16N4/c1-2-14(1)18(9-12-3-5-15-6-4-12)10-13-7-16-11-17-8-13/h3-8,11,14H,1-2,9-10H2. The van der Waals surface area contributed by atoms with Gasteiger partial charge in [-0.15, -0.1) is 0 Å². The van der Waals surface area contributed by atoms with Gasteiger partial charge in [0.2, 0.25) is 0 Å². The quantitative estimate of drug-likeness (QED) is 0.802. The van der Waals surface area contributed by atoms with Gasteiger partial charge in [-0.3, -0.25) is 9.88 Å². The summed E-state index contributed by atoms with van der Waals surface area (Å²) in [6.07, 6.45) is 11.7. The largest absolute Gasteiger partial charge is 0.292 e. The maximum absolute atomic E-state index is 4.08. The molecule has 0 saturated heterocycles. The Kier molecular flexibility index (Phi) is 3.28.